The van der Waals surface area contributed by atoms with E-state index >= 15 is 0 Å². The van der Waals surface area contributed by atoms with Crippen molar-refractivity contribution in [1.29, 1.82) is 0 Å². The quantitative estimate of drug-likeness (QED) is 0.832. The van der Waals surface area contributed by atoms with E-state index in [0.29, 0.717) is 12.2 Å². The average Bonchev–Trinajstić information content (AvgIpc) is 2.45. The number of nitrogens with zero attached hydrogens (tertiary/aromatic N) is 2. The number of halogens is 1. The van der Waals surface area contributed by atoms with E-state index in [-0.39, 0.29) is 5.91 Å². The molecule has 0 aliphatic heterocycles. The molecule has 2 rings (SSSR count). The van der Waals surface area contributed by atoms with Gasteiger partial charge in [0.15, 0.2) is 0 Å². The van der Waals surface area contributed by atoms with Crippen molar-refractivity contribution >= 4 is 27.7 Å². The third-order valence-corrected chi connectivity index (χ3v) is 4.41. The highest BCUT2D eigenvalue weighted by Gasteiger charge is 2.17. The van der Waals surface area contributed by atoms with Gasteiger partial charge in [0.1, 0.15) is 5.82 Å². The van der Waals surface area contributed by atoms with Crippen LogP contribution in [0.2, 0.25) is 0 Å². The molecule has 1 aromatic rings. The highest BCUT2D eigenvalue weighted by atomic mass is 79.9. The molecule has 0 unspecified atom stereocenters. The van der Waals surface area contributed by atoms with Crippen LogP contribution in [0.1, 0.15) is 44.9 Å². The summed E-state index contributed by atoms with van der Waals surface area (Å²) in [4.78, 5) is 18.1. The first-order valence-corrected chi connectivity index (χ1v) is 7.84. The van der Waals surface area contributed by atoms with Crippen LogP contribution in [0.25, 0.3) is 0 Å². The van der Waals surface area contributed by atoms with Crippen molar-refractivity contribution in [3.8, 4) is 0 Å². The normalized spacial score (nSPS) is 16.3. The lowest BCUT2D eigenvalue weighted by atomic mass is 9.86. The number of carbonyl (C=O) groups is 1. The summed E-state index contributed by atoms with van der Waals surface area (Å²) in [6, 6.07) is 3.74. The molecule has 0 atom stereocenters. The van der Waals surface area contributed by atoms with Crippen molar-refractivity contribution in [2.24, 2.45) is 5.92 Å². The fourth-order valence-electron chi connectivity index (χ4n) is 2.68. The number of aromatic nitrogens is 1. The number of amides is 1. The third kappa shape index (κ3) is 4.30. The van der Waals surface area contributed by atoms with E-state index in [4.69, 9.17) is 0 Å². The predicted octanol–water partition coefficient (Wildman–Crippen LogP) is 4.17. The zero-order valence-corrected chi connectivity index (χ0v) is 13.0. The SMILES string of the molecule is CN(C(=O)CCC1CCCCC1)c1cc(Br)ccn1. The second kappa shape index (κ2) is 7.04. The highest BCUT2D eigenvalue weighted by Crippen LogP contribution is 2.27. The Morgan fingerprint density at radius 1 is 1.42 bits per heavy atom. The van der Waals surface area contributed by atoms with Crippen LogP contribution in [0.5, 0.6) is 0 Å². The van der Waals surface area contributed by atoms with Gasteiger partial charge in [-0.3, -0.25) is 9.69 Å². The molecule has 3 nitrogen and oxygen atoms in total. The molecule has 0 aromatic carbocycles. The van der Waals surface area contributed by atoms with E-state index in [1.807, 2.05) is 12.1 Å². The van der Waals surface area contributed by atoms with Crippen LogP contribution in [0, 0.1) is 5.92 Å². The van der Waals surface area contributed by atoms with Crippen LogP contribution in [-0.2, 0) is 4.79 Å². The Kier molecular flexibility index (Phi) is 5.37. The second-order valence-corrected chi connectivity index (χ2v) is 6.24. The molecule has 1 aliphatic rings. The Morgan fingerprint density at radius 3 is 2.84 bits per heavy atom. The monoisotopic (exact) mass is 324 g/mol. The summed E-state index contributed by atoms with van der Waals surface area (Å²) >= 11 is 3.40. The van der Waals surface area contributed by atoms with E-state index < -0.39 is 0 Å². The summed E-state index contributed by atoms with van der Waals surface area (Å²) in [5, 5.41) is 0. The van der Waals surface area contributed by atoms with E-state index in [1.165, 1.54) is 32.1 Å². The zero-order valence-electron chi connectivity index (χ0n) is 11.4. The molecule has 0 saturated heterocycles. The lowest BCUT2D eigenvalue weighted by Crippen LogP contribution is -2.27. The molecule has 1 heterocycles. The summed E-state index contributed by atoms with van der Waals surface area (Å²) in [5.74, 6) is 1.63. The third-order valence-electron chi connectivity index (χ3n) is 3.92. The van der Waals surface area contributed by atoms with Crippen LogP contribution in [0.3, 0.4) is 0 Å². The van der Waals surface area contributed by atoms with Crippen LogP contribution in [0.4, 0.5) is 5.82 Å². The Hall–Kier alpha value is -0.900. The molecular weight excluding hydrogens is 304 g/mol. The summed E-state index contributed by atoms with van der Waals surface area (Å²) in [6.45, 7) is 0. The maximum absolute atomic E-state index is 12.2. The summed E-state index contributed by atoms with van der Waals surface area (Å²) < 4.78 is 0.949. The number of pyridine rings is 1. The first-order chi connectivity index (χ1) is 9.16. The molecule has 1 aliphatic carbocycles. The van der Waals surface area contributed by atoms with E-state index in [1.54, 1.807) is 18.1 Å². The van der Waals surface area contributed by atoms with Crippen LogP contribution >= 0.6 is 15.9 Å². The number of carbonyl (C=O) groups excluding carboxylic acids is 1. The van der Waals surface area contributed by atoms with Gasteiger partial charge in [-0.05, 0) is 24.5 Å². The smallest absolute Gasteiger partial charge is 0.227 e. The minimum atomic E-state index is 0.163. The number of hydrogen-bond acceptors (Lipinski definition) is 2. The predicted molar refractivity (Wildman–Crippen MR) is 81.2 cm³/mol. The van der Waals surface area contributed by atoms with Gasteiger partial charge in [0.25, 0.3) is 0 Å². The van der Waals surface area contributed by atoms with Crippen LogP contribution in [-0.4, -0.2) is 17.9 Å². The van der Waals surface area contributed by atoms with Crippen molar-refractivity contribution in [3.05, 3.63) is 22.8 Å². The molecule has 19 heavy (non-hydrogen) atoms. The van der Waals surface area contributed by atoms with Gasteiger partial charge in [0.2, 0.25) is 5.91 Å². The first kappa shape index (κ1) is 14.5. The van der Waals surface area contributed by atoms with Crippen molar-refractivity contribution < 1.29 is 4.79 Å². The molecule has 1 saturated carbocycles. The first-order valence-electron chi connectivity index (χ1n) is 7.05. The minimum Gasteiger partial charge on any atom is -0.300 e. The van der Waals surface area contributed by atoms with Gasteiger partial charge in [-0.1, -0.05) is 48.0 Å². The molecule has 1 amide bonds. The topological polar surface area (TPSA) is 33.2 Å². The molecule has 0 radical (unpaired) electrons. The number of rotatable bonds is 4. The minimum absolute atomic E-state index is 0.163. The fraction of sp³-hybridized carbons (Fsp3) is 0.600. The lowest BCUT2D eigenvalue weighted by Gasteiger charge is -2.22. The standard InChI is InChI=1S/C15H21BrN2O/c1-18(14-11-13(16)9-10-17-14)15(19)8-7-12-5-3-2-4-6-12/h9-12H,2-8H2,1H3. The Labute approximate surface area is 123 Å². The Morgan fingerprint density at radius 2 is 2.16 bits per heavy atom. The van der Waals surface area contributed by atoms with Gasteiger partial charge < -0.3 is 0 Å². The molecule has 0 bridgehead atoms. The maximum atomic E-state index is 12.2. The zero-order chi connectivity index (χ0) is 13.7. The van der Waals surface area contributed by atoms with Gasteiger partial charge in [-0.15, -0.1) is 0 Å². The van der Waals surface area contributed by atoms with Crippen LogP contribution < -0.4 is 4.90 Å². The van der Waals surface area contributed by atoms with Crippen molar-refractivity contribution in [2.75, 3.05) is 11.9 Å². The Balaban J connectivity index is 1.85. The van der Waals surface area contributed by atoms with Gasteiger partial charge in [-0.25, -0.2) is 4.98 Å². The highest BCUT2D eigenvalue weighted by molar-refractivity contribution is 9.10. The van der Waals surface area contributed by atoms with Gasteiger partial charge >= 0.3 is 0 Å². The number of anilines is 1. The lowest BCUT2D eigenvalue weighted by molar-refractivity contribution is -0.118. The van der Waals surface area contributed by atoms with Crippen LogP contribution in [0.15, 0.2) is 22.8 Å². The molecule has 4 heteroatoms. The Bertz CT molecular complexity index is 430. The van der Waals surface area contributed by atoms with Gasteiger partial charge in [-0.2, -0.15) is 0 Å². The molecule has 0 N–H and O–H groups in total. The van der Waals surface area contributed by atoms with Gasteiger partial charge in [0.05, 0.1) is 0 Å². The molecular formula is C15H21BrN2O. The van der Waals surface area contributed by atoms with Crippen molar-refractivity contribution in [1.82, 2.24) is 4.98 Å². The fourth-order valence-corrected chi connectivity index (χ4v) is 3.00. The summed E-state index contributed by atoms with van der Waals surface area (Å²) in [6.07, 6.45) is 10.0. The largest absolute Gasteiger partial charge is 0.300 e. The van der Waals surface area contributed by atoms with Crippen molar-refractivity contribution in [2.45, 2.75) is 44.9 Å². The van der Waals surface area contributed by atoms with E-state index in [2.05, 4.69) is 20.9 Å². The second-order valence-electron chi connectivity index (χ2n) is 5.33. The molecule has 104 valence electrons. The number of hydrogen-bond donors (Lipinski definition) is 0. The van der Waals surface area contributed by atoms with E-state index in [0.717, 1.165) is 16.8 Å². The maximum Gasteiger partial charge on any atom is 0.227 e. The molecule has 0 spiro atoms. The summed E-state index contributed by atoms with van der Waals surface area (Å²) in [7, 11) is 1.80. The van der Waals surface area contributed by atoms with Crippen molar-refractivity contribution in [3.63, 3.8) is 0 Å². The van der Waals surface area contributed by atoms with Gasteiger partial charge in [0, 0.05) is 24.1 Å². The average molecular weight is 325 g/mol. The summed E-state index contributed by atoms with van der Waals surface area (Å²) in [5.41, 5.74) is 0. The van der Waals surface area contributed by atoms with E-state index in [9.17, 15) is 4.79 Å². The molecule has 1 aromatic heterocycles. The molecule has 1 fully saturated rings.